The van der Waals surface area contributed by atoms with Crippen molar-refractivity contribution in [2.24, 2.45) is 11.8 Å². The van der Waals surface area contributed by atoms with Crippen LogP contribution in [0.2, 0.25) is 0 Å². The Kier molecular flexibility index (Phi) is 4.34. The molecule has 21 heavy (non-hydrogen) atoms. The lowest BCUT2D eigenvalue weighted by molar-refractivity contribution is 0.373. The molecule has 1 aromatic rings. The fraction of sp³-hybridized carbons (Fsp3) is 0.500. The zero-order chi connectivity index (χ0) is 13.4. The zero-order valence-corrected chi connectivity index (χ0v) is 13.2. The van der Waals surface area contributed by atoms with Gasteiger partial charge in [0.05, 0.1) is 6.33 Å². The highest BCUT2D eigenvalue weighted by atomic mass is 35.5. The summed E-state index contributed by atoms with van der Waals surface area (Å²) in [5.74, 6) is 1.46. The molecule has 3 aliphatic rings. The number of aromatic nitrogens is 2. The van der Waals surface area contributed by atoms with Crippen LogP contribution >= 0.6 is 12.4 Å². The van der Waals surface area contributed by atoms with Crippen LogP contribution in [0.5, 0.6) is 0 Å². The second-order valence-electron chi connectivity index (χ2n) is 6.45. The quantitative estimate of drug-likeness (QED) is 0.774. The van der Waals surface area contributed by atoms with Crippen molar-refractivity contribution in [3.05, 3.63) is 53.7 Å². The van der Waals surface area contributed by atoms with Crippen molar-refractivity contribution < 1.29 is 0 Å². The van der Waals surface area contributed by atoms with E-state index in [-0.39, 0.29) is 12.4 Å². The summed E-state index contributed by atoms with van der Waals surface area (Å²) >= 11 is 0. The maximum absolute atomic E-state index is 4.18. The molecule has 4 rings (SSSR count). The van der Waals surface area contributed by atoms with Crippen LogP contribution in [0.3, 0.4) is 0 Å². The van der Waals surface area contributed by atoms with Gasteiger partial charge in [0.2, 0.25) is 0 Å². The van der Waals surface area contributed by atoms with Crippen LogP contribution in [0.1, 0.15) is 38.5 Å². The summed E-state index contributed by atoms with van der Waals surface area (Å²) in [4.78, 5) is 4.18. The van der Waals surface area contributed by atoms with E-state index in [2.05, 4.69) is 34.0 Å². The molecule has 3 aliphatic carbocycles. The molecule has 1 aromatic heterocycles. The van der Waals surface area contributed by atoms with E-state index in [9.17, 15) is 0 Å². The van der Waals surface area contributed by atoms with Gasteiger partial charge in [-0.15, -0.1) is 12.4 Å². The smallest absolute Gasteiger partial charge is 0.0945 e. The number of hydrogen-bond acceptors (Lipinski definition) is 1. The van der Waals surface area contributed by atoms with E-state index in [0.29, 0.717) is 5.92 Å². The monoisotopic (exact) mass is 302 g/mol. The van der Waals surface area contributed by atoms with Gasteiger partial charge in [-0.3, -0.25) is 0 Å². The standard InChI is InChI=1S/C18H22N2.ClH/c1-3-15-4-2-6-17-11-14(12-20-10-9-19-13-20)7-8-16(5-1)18(15)17;/h2,4,6,9-10,13-14,17H,1,3,5,7-8,11-12H2;1H/t14-,17-;/m1./s1. The van der Waals surface area contributed by atoms with Gasteiger partial charge in [0.25, 0.3) is 0 Å². The van der Waals surface area contributed by atoms with Gasteiger partial charge in [-0.25, -0.2) is 4.98 Å². The number of rotatable bonds is 2. The summed E-state index contributed by atoms with van der Waals surface area (Å²) in [7, 11) is 0. The van der Waals surface area contributed by atoms with Crippen LogP contribution in [0.4, 0.5) is 0 Å². The highest BCUT2D eigenvalue weighted by Gasteiger charge is 2.30. The second-order valence-corrected chi connectivity index (χ2v) is 6.45. The molecule has 0 unspecified atom stereocenters. The third-order valence-corrected chi connectivity index (χ3v) is 5.13. The van der Waals surface area contributed by atoms with Gasteiger partial charge in [0, 0.05) is 24.9 Å². The third kappa shape index (κ3) is 2.87. The molecule has 0 fully saturated rings. The lowest BCUT2D eigenvalue weighted by Crippen LogP contribution is -2.16. The molecule has 0 amide bonds. The number of hydrogen-bond donors (Lipinski definition) is 0. The van der Waals surface area contributed by atoms with Gasteiger partial charge in [-0.05, 0) is 55.6 Å². The van der Waals surface area contributed by atoms with Gasteiger partial charge < -0.3 is 4.57 Å². The van der Waals surface area contributed by atoms with Crippen LogP contribution in [-0.2, 0) is 6.54 Å². The normalized spacial score (nSPS) is 27.5. The first kappa shape index (κ1) is 14.6. The van der Waals surface area contributed by atoms with Crippen molar-refractivity contribution in [2.75, 3.05) is 0 Å². The first-order valence-corrected chi connectivity index (χ1v) is 7.95. The van der Waals surface area contributed by atoms with Crippen molar-refractivity contribution >= 4 is 12.4 Å². The summed E-state index contributed by atoms with van der Waals surface area (Å²) in [6.45, 7) is 1.13. The lowest BCUT2D eigenvalue weighted by atomic mass is 9.76. The summed E-state index contributed by atoms with van der Waals surface area (Å²) in [6, 6.07) is 0. The topological polar surface area (TPSA) is 17.8 Å². The predicted molar refractivity (Wildman–Crippen MR) is 88.4 cm³/mol. The lowest BCUT2D eigenvalue weighted by Gasteiger charge is -2.29. The third-order valence-electron chi connectivity index (χ3n) is 5.13. The van der Waals surface area contributed by atoms with Crippen LogP contribution in [0.25, 0.3) is 0 Å². The average Bonchev–Trinajstić information content (AvgIpc) is 2.91. The van der Waals surface area contributed by atoms with Crippen molar-refractivity contribution in [3.8, 4) is 0 Å². The van der Waals surface area contributed by atoms with Crippen molar-refractivity contribution in [3.63, 3.8) is 0 Å². The molecule has 0 N–H and O–H groups in total. The SMILES string of the molecule is C1=C[C@@H]2C[C@H](Cn3ccnc3)CCC3=C2C(=C1)CCC3.Cl. The molecular weight excluding hydrogens is 280 g/mol. The molecule has 0 radical (unpaired) electrons. The molecule has 0 saturated heterocycles. The first-order valence-electron chi connectivity index (χ1n) is 7.95. The van der Waals surface area contributed by atoms with E-state index in [1.807, 2.05) is 12.5 Å². The molecule has 0 spiro atoms. The van der Waals surface area contributed by atoms with Crippen LogP contribution in [0, 0.1) is 11.8 Å². The number of allylic oxidation sites excluding steroid dienone is 6. The summed E-state index contributed by atoms with van der Waals surface area (Å²) < 4.78 is 2.25. The van der Waals surface area contributed by atoms with Crippen LogP contribution in [0.15, 0.2) is 53.7 Å². The minimum Gasteiger partial charge on any atom is -0.337 e. The minimum absolute atomic E-state index is 0. The van der Waals surface area contributed by atoms with Gasteiger partial charge in [0.1, 0.15) is 0 Å². The van der Waals surface area contributed by atoms with Gasteiger partial charge in [-0.2, -0.15) is 0 Å². The Hall–Kier alpha value is -1.28. The van der Waals surface area contributed by atoms with Crippen molar-refractivity contribution in [1.82, 2.24) is 9.55 Å². The van der Waals surface area contributed by atoms with E-state index < -0.39 is 0 Å². The molecule has 0 aliphatic heterocycles. The fourth-order valence-corrected chi connectivity index (χ4v) is 4.23. The van der Waals surface area contributed by atoms with Crippen molar-refractivity contribution in [2.45, 2.75) is 45.1 Å². The highest BCUT2D eigenvalue weighted by Crippen LogP contribution is 2.44. The molecule has 0 aromatic carbocycles. The highest BCUT2D eigenvalue weighted by molar-refractivity contribution is 5.85. The van der Waals surface area contributed by atoms with E-state index >= 15 is 0 Å². The maximum atomic E-state index is 4.18. The van der Waals surface area contributed by atoms with Crippen LogP contribution in [-0.4, -0.2) is 9.55 Å². The molecule has 0 bridgehead atoms. The summed E-state index contributed by atoms with van der Waals surface area (Å²) in [5.41, 5.74) is 5.14. The maximum Gasteiger partial charge on any atom is 0.0945 e. The Morgan fingerprint density at radius 2 is 2.19 bits per heavy atom. The number of nitrogens with zero attached hydrogens (tertiary/aromatic N) is 2. The molecule has 0 saturated carbocycles. The van der Waals surface area contributed by atoms with E-state index in [4.69, 9.17) is 0 Å². The Morgan fingerprint density at radius 3 is 3.05 bits per heavy atom. The Bertz CT molecular complexity index is 580. The predicted octanol–water partition coefficient (Wildman–Crippen LogP) is 4.70. The Morgan fingerprint density at radius 1 is 1.24 bits per heavy atom. The first-order chi connectivity index (χ1) is 9.90. The number of halogens is 1. The van der Waals surface area contributed by atoms with E-state index in [0.717, 1.165) is 12.5 Å². The van der Waals surface area contributed by atoms with E-state index in [1.165, 1.54) is 38.5 Å². The summed E-state index contributed by atoms with van der Waals surface area (Å²) in [5, 5.41) is 0. The molecule has 2 atom stereocenters. The number of imidazole rings is 1. The largest absolute Gasteiger partial charge is 0.337 e. The fourth-order valence-electron chi connectivity index (χ4n) is 4.23. The molecule has 2 nitrogen and oxygen atoms in total. The Balaban J connectivity index is 0.00000132. The summed E-state index contributed by atoms with van der Waals surface area (Å²) in [6.07, 6.45) is 21.0. The minimum atomic E-state index is 0. The van der Waals surface area contributed by atoms with Crippen molar-refractivity contribution in [1.29, 1.82) is 0 Å². The second kappa shape index (κ2) is 6.23. The molecule has 112 valence electrons. The van der Waals surface area contributed by atoms with Crippen LogP contribution < -0.4 is 0 Å². The molecule has 1 heterocycles. The average molecular weight is 303 g/mol. The molecular formula is C18H23ClN2. The van der Waals surface area contributed by atoms with Gasteiger partial charge >= 0.3 is 0 Å². The zero-order valence-electron chi connectivity index (χ0n) is 12.4. The molecule has 3 heteroatoms. The van der Waals surface area contributed by atoms with Gasteiger partial charge in [0.15, 0.2) is 0 Å². The Labute approximate surface area is 133 Å². The van der Waals surface area contributed by atoms with Gasteiger partial charge in [-0.1, -0.05) is 23.8 Å². The van der Waals surface area contributed by atoms with E-state index in [1.54, 1.807) is 16.7 Å².